The molecular weight excluding hydrogens is 226 g/mol. The van der Waals surface area contributed by atoms with E-state index in [1.165, 1.54) is 0 Å². The molecule has 0 spiro atoms. The number of hydrogen-bond donors (Lipinski definition) is 0. The van der Waals surface area contributed by atoms with Gasteiger partial charge in [-0.2, -0.15) is 5.26 Å². The fourth-order valence-electron chi connectivity index (χ4n) is 1.92. The van der Waals surface area contributed by atoms with Crippen LogP contribution in [0.3, 0.4) is 0 Å². The van der Waals surface area contributed by atoms with Gasteiger partial charge in [-0.3, -0.25) is 9.69 Å². The highest BCUT2D eigenvalue weighted by atomic mass is 16.1. The number of Topliss-reactive ketones (excluding diaryl/α,β-unsaturated/α-hetero) is 1. The lowest BCUT2D eigenvalue weighted by molar-refractivity contribution is 0.0924. The standard InChI is InChI=1S/C14H21N3O/c1-12(2)9-17(7-4-6-15)11-14(18)13-5-8-16(3)10-13/h5,8,10,12H,4,7,9,11H2,1-3H3. The summed E-state index contributed by atoms with van der Waals surface area (Å²) in [6.07, 6.45) is 4.17. The maximum atomic E-state index is 12.1. The highest BCUT2D eigenvalue weighted by molar-refractivity contribution is 5.97. The topological polar surface area (TPSA) is 49.0 Å². The maximum absolute atomic E-state index is 12.1. The molecule has 0 saturated carbocycles. The van der Waals surface area contributed by atoms with Crippen LogP contribution in [-0.4, -0.2) is 34.9 Å². The summed E-state index contributed by atoms with van der Waals surface area (Å²) < 4.78 is 1.87. The van der Waals surface area contributed by atoms with Gasteiger partial charge in [0.15, 0.2) is 5.78 Å². The van der Waals surface area contributed by atoms with Gasteiger partial charge in [0.05, 0.1) is 12.6 Å². The molecule has 1 heterocycles. The van der Waals surface area contributed by atoms with Crippen LogP contribution in [0.15, 0.2) is 18.5 Å². The van der Waals surface area contributed by atoms with E-state index in [0.717, 1.165) is 12.1 Å². The lowest BCUT2D eigenvalue weighted by Gasteiger charge is -2.22. The summed E-state index contributed by atoms with van der Waals surface area (Å²) in [5, 5.41) is 8.64. The number of carbonyl (C=O) groups is 1. The van der Waals surface area contributed by atoms with Gasteiger partial charge < -0.3 is 4.57 Å². The molecule has 0 saturated heterocycles. The number of nitriles is 1. The molecule has 4 heteroatoms. The molecule has 0 aliphatic heterocycles. The van der Waals surface area contributed by atoms with Crippen molar-refractivity contribution in [2.45, 2.75) is 20.3 Å². The summed E-state index contributed by atoms with van der Waals surface area (Å²) in [5.41, 5.74) is 0.739. The molecule has 0 N–H and O–H groups in total. The van der Waals surface area contributed by atoms with Crippen LogP contribution in [0.5, 0.6) is 0 Å². The first-order valence-electron chi connectivity index (χ1n) is 6.27. The van der Waals surface area contributed by atoms with Crippen molar-refractivity contribution in [1.82, 2.24) is 9.47 Å². The van der Waals surface area contributed by atoms with E-state index in [1.54, 1.807) is 0 Å². The van der Waals surface area contributed by atoms with Crippen LogP contribution in [0.4, 0.5) is 0 Å². The predicted molar refractivity (Wildman–Crippen MR) is 71.3 cm³/mol. The molecule has 1 aromatic rings. The monoisotopic (exact) mass is 247 g/mol. The normalized spacial score (nSPS) is 10.9. The number of aromatic nitrogens is 1. The minimum absolute atomic E-state index is 0.120. The number of rotatable bonds is 7. The summed E-state index contributed by atoms with van der Waals surface area (Å²) in [6.45, 7) is 6.14. The Labute approximate surface area is 109 Å². The van der Waals surface area contributed by atoms with Gasteiger partial charge in [0, 0.05) is 44.5 Å². The Morgan fingerprint density at radius 3 is 2.78 bits per heavy atom. The Bertz CT molecular complexity index is 428. The molecule has 1 rings (SSSR count). The quantitative estimate of drug-likeness (QED) is 0.693. The minimum atomic E-state index is 0.120. The number of hydrogen-bond acceptors (Lipinski definition) is 3. The van der Waals surface area contributed by atoms with Gasteiger partial charge in [0.1, 0.15) is 0 Å². The van der Waals surface area contributed by atoms with Crippen LogP contribution >= 0.6 is 0 Å². The fourth-order valence-corrected chi connectivity index (χ4v) is 1.92. The predicted octanol–water partition coefficient (Wildman–Crippen LogP) is 2.08. The lowest BCUT2D eigenvalue weighted by atomic mass is 10.1. The zero-order chi connectivity index (χ0) is 13.5. The zero-order valence-electron chi connectivity index (χ0n) is 11.4. The number of carbonyl (C=O) groups excluding carboxylic acids is 1. The summed E-state index contributed by atoms with van der Waals surface area (Å²) >= 11 is 0. The zero-order valence-corrected chi connectivity index (χ0v) is 11.4. The molecule has 0 aromatic carbocycles. The van der Waals surface area contributed by atoms with Gasteiger partial charge in [-0.05, 0) is 12.0 Å². The van der Waals surface area contributed by atoms with Gasteiger partial charge in [0.2, 0.25) is 0 Å². The van der Waals surface area contributed by atoms with Crippen molar-refractivity contribution >= 4 is 5.78 Å². The summed E-state index contributed by atoms with van der Waals surface area (Å²) in [4.78, 5) is 14.1. The molecule has 98 valence electrons. The van der Waals surface area contributed by atoms with Gasteiger partial charge in [-0.15, -0.1) is 0 Å². The second-order valence-corrected chi connectivity index (χ2v) is 5.03. The maximum Gasteiger partial charge on any atom is 0.178 e. The van der Waals surface area contributed by atoms with E-state index in [-0.39, 0.29) is 5.78 Å². The minimum Gasteiger partial charge on any atom is -0.357 e. The first kappa shape index (κ1) is 14.5. The average molecular weight is 247 g/mol. The van der Waals surface area contributed by atoms with Gasteiger partial charge in [-0.1, -0.05) is 13.8 Å². The Balaban J connectivity index is 2.59. The first-order chi connectivity index (χ1) is 8.52. The molecule has 0 atom stereocenters. The van der Waals surface area contributed by atoms with E-state index in [1.807, 2.05) is 30.1 Å². The number of aryl methyl sites for hydroxylation is 1. The van der Waals surface area contributed by atoms with Crippen molar-refractivity contribution in [3.05, 3.63) is 24.0 Å². The van der Waals surface area contributed by atoms with Crippen molar-refractivity contribution in [3.63, 3.8) is 0 Å². The van der Waals surface area contributed by atoms with E-state index < -0.39 is 0 Å². The number of nitrogens with zero attached hydrogens (tertiary/aromatic N) is 3. The van der Waals surface area contributed by atoms with Crippen LogP contribution in [0.25, 0.3) is 0 Å². The van der Waals surface area contributed by atoms with E-state index in [4.69, 9.17) is 5.26 Å². The molecule has 0 bridgehead atoms. The third-order valence-corrected chi connectivity index (χ3v) is 2.68. The van der Waals surface area contributed by atoms with E-state index >= 15 is 0 Å². The van der Waals surface area contributed by atoms with Crippen molar-refractivity contribution in [2.24, 2.45) is 13.0 Å². The molecular formula is C14H21N3O. The largest absolute Gasteiger partial charge is 0.357 e. The SMILES string of the molecule is CC(C)CN(CCC#N)CC(=O)c1ccn(C)c1. The summed E-state index contributed by atoms with van der Waals surface area (Å²) in [6, 6.07) is 3.96. The van der Waals surface area contributed by atoms with Gasteiger partial charge in [-0.25, -0.2) is 0 Å². The van der Waals surface area contributed by atoms with E-state index in [2.05, 4.69) is 24.8 Å². The molecule has 4 nitrogen and oxygen atoms in total. The summed E-state index contributed by atoms with van der Waals surface area (Å²) in [5.74, 6) is 0.612. The van der Waals surface area contributed by atoms with Crippen molar-refractivity contribution < 1.29 is 4.79 Å². The summed E-state index contributed by atoms with van der Waals surface area (Å²) in [7, 11) is 1.90. The second-order valence-electron chi connectivity index (χ2n) is 5.03. The van der Waals surface area contributed by atoms with Crippen LogP contribution in [0.2, 0.25) is 0 Å². The fraction of sp³-hybridized carbons (Fsp3) is 0.571. The van der Waals surface area contributed by atoms with Gasteiger partial charge in [0.25, 0.3) is 0 Å². The molecule has 0 fully saturated rings. The third kappa shape index (κ3) is 4.72. The lowest BCUT2D eigenvalue weighted by Crippen LogP contribution is -2.33. The van der Waals surface area contributed by atoms with E-state index in [9.17, 15) is 4.79 Å². The highest BCUT2D eigenvalue weighted by Crippen LogP contribution is 2.05. The molecule has 0 amide bonds. The Morgan fingerprint density at radius 2 is 2.28 bits per heavy atom. The van der Waals surface area contributed by atoms with Crippen LogP contribution < -0.4 is 0 Å². The smallest absolute Gasteiger partial charge is 0.178 e. The van der Waals surface area contributed by atoms with E-state index in [0.29, 0.717) is 25.4 Å². The average Bonchev–Trinajstić information content (AvgIpc) is 2.72. The second kappa shape index (κ2) is 6.97. The molecule has 1 aromatic heterocycles. The van der Waals surface area contributed by atoms with Crippen LogP contribution in [0, 0.1) is 17.2 Å². The Morgan fingerprint density at radius 1 is 1.56 bits per heavy atom. The molecule has 0 aliphatic rings. The number of ketones is 1. The van der Waals surface area contributed by atoms with Crippen molar-refractivity contribution in [2.75, 3.05) is 19.6 Å². The van der Waals surface area contributed by atoms with Gasteiger partial charge >= 0.3 is 0 Å². The van der Waals surface area contributed by atoms with Crippen LogP contribution in [0.1, 0.15) is 30.6 Å². The Kier molecular flexibility index (Phi) is 5.60. The van der Waals surface area contributed by atoms with Crippen molar-refractivity contribution in [3.8, 4) is 6.07 Å². The molecule has 0 radical (unpaired) electrons. The highest BCUT2D eigenvalue weighted by Gasteiger charge is 2.14. The molecule has 0 aliphatic carbocycles. The molecule has 0 unspecified atom stereocenters. The van der Waals surface area contributed by atoms with Crippen molar-refractivity contribution in [1.29, 1.82) is 5.26 Å². The Hall–Kier alpha value is -1.60. The first-order valence-corrected chi connectivity index (χ1v) is 6.27. The third-order valence-electron chi connectivity index (χ3n) is 2.68. The van der Waals surface area contributed by atoms with Crippen LogP contribution in [-0.2, 0) is 7.05 Å². The molecule has 18 heavy (non-hydrogen) atoms.